The van der Waals surface area contributed by atoms with Crippen LogP contribution in [0.3, 0.4) is 0 Å². The van der Waals surface area contributed by atoms with Crippen molar-refractivity contribution in [2.45, 2.75) is 12.5 Å². The molecule has 1 unspecified atom stereocenters. The molecule has 1 aromatic rings. The molecule has 0 spiro atoms. The van der Waals surface area contributed by atoms with Crippen LogP contribution < -0.4 is 10.1 Å². The Labute approximate surface area is 88.3 Å². The van der Waals surface area contributed by atoms with E-state index in [0.717, 1.165) is 5.69 Å². The summed E-state index contributed by atoms with van der Waals surface area (Å²) in [6.45, 7) is 0. The quantitative estimate of drug-likeness (QED) is 0.827. The number of thioether (sulfide) groups is 1. The van der Waals surface area contributed by atoms with Gasteiger partial charge in [0.15, 0.2) is 0 Å². The summed E-state index contributed by atoms with van der Waals surface area (Å²) in [5.41, 5.74) is 1.08. The average Bonchev–Trinajstić information content (AvgIpc) is 2.72. The minimum atomic E-state index is 0.607. The number of anilines is 1. The van der Waals surface area contributed by atoms with E-state index in [9.17, 15) is 0 Å². The molecule has 0 saturated carbocycles. The van der Waals surface area contributed by atoms with Crippen LogP contribution in [0.5, 0.6) is 5.88 Å². The number of nitrogens with one attached hydrogen (secondary N) is 1. The number of rotatable bonds is 3. The number of hydrogen-bond acceptors (Lipinski definition) is 4. The zero-order valence-corrected chi connectivity index (χ0v) is 9.01. The molecule has 1 fully saturated rings. The third-order valence-corrected chi connectivity index (χ3v) is 3.41. The fourth-order valence-corrected chi connectivity index (χ4v) is 2.62. The molecule has 2 heterocycles. The highest BCUT2D eigenvalue weighted by Crippen LogP contribution is 2.21. The maximum Gasteiger partial charge on any atom is 0.213 e. The van der Waals surface area contributed by atoms with Gasteiger partial charge >= 0.3 is 0 Å². The number of nitrogens with zero attached hydrogens (tertiary/aromatic N) is 1. The Morgan fingerprint density at radius 3 is 3.07 bits per heavy atom. The summed E-state index contributed by atoms with van der Waals surface area (Å²) < 4.78 is 5.00. The summed E-state index contributed by atoms with van der Waals surface area (Å²) >= 11 is 2.00. The Balaban J connectivity index is 1.95. The Morgan fingerprint density at radius 1 is 1.57 bits per heavy atom. The summed E-state index contributed by atoms with van der Waals surface area (Å²) in [6.07, 6.45) is 3.07. The Morgan fingerprint density at radius 2 is 2.50 bits per heavy atom. The number of hydrogen-bond donors (Lipinski definition) is 1. The summed E-state index contributed by atoms with van der Waals surface area (Å²) in [7, 11) is 1.63. The van der Waals surface area contributed by atoms with E-state index in [-0.39, 0.29) is 0 Å². The van der Waals surface area contributed by atoms with Crippen molar-refractivity contribution in [3.05, 3.63) is 18.3 Å². The zero-order chi connectivity index (χ0) is 9.80. The zero-order valence-electron chi connectivity index (χ0n) is 8.19. The lowest BCUT2D eigenvalue weighted by Crippen LogP contribution is -2.17. The predicted octanol–water partition coefficient (Wildman–Crippen LogP) is 2.01. The first-order chi connectivity index (χ1) is 6.88. The molecular weight excluding hydrogens is 196 g/mol. The van der Waals surface area contributed by atoms with Crippen molar-refractivity contribution >= 4 is 17.4 Å². The van der Waals surface area contributed by atoms with Crippen LogP contribution in [-0.2, 0) is 0 Å². The van der Waals surface area contributed by atoms with Crippen molar-refractivity contribution in [1.82, 2.24) is 4.98 Å². The molecule has 14 heavy (non-hydrogen) atoms. The van der Waals surface area contributed by atoms with Gasteiger partial charge in [0.25, 0.3) is 0 Å². The number of pyridine rings is 1. The molecule has 4 heteroatoms. The summed E-state index contributed by atoms with van der Waals surface area (Å²) in [5.74, 6) is 3.13. The third kappa shape index (κ3) is 2.32. The van der Waals surface area contributed by atoms with Crippen LogP contribution in [0.2, 0.25) is 0 Å². The average molecular weight is 210 g/mol. The van der Waals surface area contributed by atoms with Gasteiger partial charge in [-0.25, -0.2) is 4.98 Å². The summed E-state index contributed by atoms with van der Waals surface area (Å²) in [5, 5.41) is 3.45. The van der Waals surface area contributed by atoms with Gasteiger partial charge in [-0.1, -0.05) is 0 Å². The maximum absolute atomic E-state index is 5.00. The molecule has 0 aromatic carbocycles. The molecule has 1 aromatic heterocycles. The van der Waals surface area contributed by atoms with Gasteiger partial charge < -0.3 is 10.1 Å². The number of ether oxygens (including phenoxy) is 1. The van der Waals surface area contributed by atoms with Crippen LogP contribution in [0.4, 0.5) is 5.69 Å². The standard InChI is InChI=1S/C10H14N2OS/c1-13-10-3-2-8(6-11-10)12-9-4-5-14-7-9/h2-3,6,9,12H,4-5,7H2,1H3. The first-order valence-corrected chi connectivity index (χ1v) is 5.88. The molecule has 0 radical (unpaired) electrons. The lowest BCUT2D eigenvalue weighted by atomic mass is 10.2. The molecule has 1 aliphatic rings. The molecule has 76 valence electrons. The van der Waals surface area contributed by atoms with Gasteiger partial charge in [-0.3, -0.25) is 0 Å². The normalized spacial score (nSPS) is 20.8. The summed E-state index contributed by atoms with van der Waals surface area (Å²) in [6, 6.07) is 4.49. The maximum atomic E-state index is 5.00. The molecule has 1 aliphatic heterocycles. The fourth-order valence-electron chi connectivity index (χ4n) is 1.47. The minimum absolute atomic E-state index is 0.607. The van der Waals surface area contributed by atoms with E-state index in [4.69, 9.17) is 4.74 Å². The lowest BCUT2D eigenvalue weighted by molar-refractivity contribution is 0.398. The van der Waals surface area contributed by atoms with E-state index in [1.807, 2.05) is 30.1 Å². The predicted molar refractivity (Wildman–Crippen MR) is 60.1 cm³/mol. The topological polar surface area (TPSA) is 34.1 Å². The molecule has 0 bridgehead atoms. The number of aromatic nitrogens is 1. The Bertz CT molecular complexity index is 283. The first kappa shape index (κ1) is 9.65. The SMILES string of the molecule is COc1ccc(NC2CCSC2)cn1. The van der Waals surface area contributed by atoms with Crippen LogP contribution in [-0.4, -0.2) is 29.6 Å². The van der Waals surface area contributed by atoms with Crippen molar-refractivity contribution in [1.29, 1.82) is 0 Å². The van der Waals surface area contributed by atoms with Gasteiger partial charge in [0.05, 0.1) is 19.0 Å². The number of methoxy groups -OCH3 is 1. The molecule has 1 atom stereocenters. The second-order valence-electron chi connectivity index (χ2n) is 3.29. The van der Waals surface area contributed by atoms with E-state index in [0.29, 0.717) is 11.9 Å². The van der Waals surface area contributed by atoms with E-state index in [1.54, 1.807) is 7.11 Å². The first-order valence-electron chi connectivity index (χ1n) is 4.73. The largest absolute Gasteiger partial charge is 0.481 e. The van der Waals surface area contributed by atoms with Crippen molar-refractivity contribution in [3.8, 4) is 5.88 Å². The van der Waals surface area contributed by atoms with Crippen LogP contribution in [0.1, 0.15) is 6.42 Å². The van der Waals surface area contributed by atoms with Gasteiger partial charge in [0, 0.05) is 17.9 Å². The van der Waals surface area contributed by atoms with Crippen LogP contribution in [0, 0.1) is 0 Å². The van der Waals surface area contributed by atoms with Crippen LogP contribution in [0.25, 0.3) is 0 Å². The third-order valence-electron chi connectivity index (χ3n) is 2.25. The van der Waals surface area contributed by atoms with Gasteiger partial charge in [-0.15, -0.1) is 0 Å². The van der Waals surface area contributed by atoms with Gasteiger partial charge in [-0.2, -0.15) is 11.8 Å². The monoisotopic (exact) mass is 210 g/mol. The van der Waals surface area contributed by atoms with Crippen molar-refractivity contribution in [2.75, 3.05) is 23.9 Å². The van der Waals surface area contributed by atoms with E-state index in [1.165, 1.54) is 17.9 Å². The van der Waals surface area contributed by atoms with Crippen LogP contribution >= 0.6 is 11.8 Å². The highest BCUT2D eigenvalue weighted by atomic mass is 32.2. The molecule has 0 aliphatic carbocycles. The van der Waals surface area contributed by atoms with Gasteiger partial charge in [0.2, 0.25) is 5.88 Å². The fraction of sp³-hybridized carbons (Fsp3) is 0.500. The lowest BCUT2D eigenvalue weighted by Gasteiger charge is -2.12. The molecular formula is C10H14N2OS. The highest BCUT2D eigenvalue weighted by Gasteiger charge is 2.14. The molecule has 1 N–H and O–H groups in total. The van der Waals surface area contributed by atoms with Crippen molar-refractivity contribution in [3.63, 3.8) is 0 Å². The van der Waals surface area contributed by atoms with Crippen LogP contribution in [0.15, 0.2) is 18.3 Å². The second-order valence-corrected chi connectivity index (χ2v) is 4.44. The Hall–Kier alpha value is -0.900. The minimum Gasteiger partial charge on any atom is -0.481 e. The summed E-state index contributed by atoms with van der Waals surface area (Å²) in [4.78, 5) is 4.15. The van der Waals surface area contributed by atoms with Gasteiger partial charge in [-0.05, 0) is 18.2 Å². The smallest absolute Gasteiger partial charge is 0.213 e. The molecule has 1 saturated heterocycles. The second kappa shape index (κ2) is 4.55. The highest BCUT2D eigenvalue weighted by molar-refractivity contribution is 7.99. The van der Waals surface area contributed by atoms with E-state index < -0.39 is 0 Å². The Kier molecular flexibility index (Phi) is 3.14. The van der Waals surface area contributed by atoms with Crippen molar-refractivity contribution < 1.29 is 4.74 Å². The molecule has 0 amide bonds. The van der Waals surface area contributed by atoms with E-state index >= 15 is 0 Å². The van der Waals surface area contributed by atoms with Gasteiger partial charge in [0.1, 0.15) is 0 Å². The van der Waals surface area contributed by atoms with E-state index in [2.05, 4.69) is 10.3 Å². The molecule has 3 nitrogen and oxygen atoms in total. The molecule has 2 rings (SSSR count). The van der Waals surface area contributed by atoms with Crippen molar-refractivity contribution in [2.24, 2.45) is 0 Å².